The summed E-state index contributed by atoms with van der Waals surface area (Å²) in [6, 6.07) is 17.9. The van der Waals surface area contributed by atoms with E-state index in [1.807, 2.05) is 20.8 Å². The van der Waals surface area contributed by atoms with E-state index >= 15 is 0 Å². The number of fused-ring (bicyclic) bond motifs is 6. The summed E-state index contributed by atoms with van der Waals surface area (Å²) < 4.78 is 12.7. The minimum atomic E-state index is -1.94. The maximum absolute atomic E-state index is 14.6. The Kier molecular flexibility index (Phi) is 10.3. The Hall–Kier alpha value is -2.25. The van der Waals surface area contributed by atoms with Crippen molar-refractivity contribution in [1.29, 1.82) is 0 Å². The van der Waals surface area contributed by atoms with Crippen molar-refractivity contribution in [3.8, 4) is 11.5 Å². The smallest absolute Gasteiger partial charge is 0.316 e. The lowest BCUT2D eigenvalue weighted by Gasteiger charge is -2.61. The lowest BCUT2D eigenvalue weighted by atomic mass is 9.07. The van der Waals surface area contributed by atoms with Crippen molar-refractivity contribution in [2.75, 3.05) is 0 Å². The van der Waals surface area contributed by atoms with Gasteiger partial charge in [0.25, 0.3) is 0 Å². The Balaban J connectivity index is 1.26. The molecule has 6 aliphatic rings. The minimum Gasteiger partial charge on any atom is -0.544 e. The summed E-state index contributed by atoms with van der Waals surface area (Å²) in [5.41, 5.74) is 2.01. The number of ether oxygens (including phenoxy) is 1. The lowest BCUT2D eigenvalue weighted by Crippen LogP contribution is -2.61. The molecule has 8 rings (SSSR count). The van der Waals surface area contributed by atoms with Crippen LogP contribution in [0.25, 0.3) is 6.08 Å². The number of Topliss-reactive ketones (excluding diaryl/α,β-unsaturated/α-hetero) is 1. The molecule has 3 heterocycles. The minimum absolute atomic E-state index is 0.0620. The lowest BCUT2D eigenvalue weighted by molar-refractivity contribution is -0.143. The third-order valence-electron chi connectivity index (χ3n) is 17.5. The van der Waals surface area contributed by atoms with Crippen LogP contribution in [0.3, 0.4) is 0 Å². The molecule has 4 unspecified atom stereocenters. The second kappa shape index (κ2) is 14.2. The van der Waals surface area contributed by atoms with Crippen LogP contribution in [0.4, 0.5) is 0 Å². The zero-order chi connectivity index (χ0) is 40.1. The second-order valence-electron chi connectivity index (χ2n) is 22.5. The van der Waals surface area contributed by atoms with E-state index in [1.165, 1.54) is 75.3 Å². The van der Waals surface area contributed by atoms with Crippen LogP contribution in [0.15, 0.2) is 54.5 Å². The van der Waals surface area contributed by atoms with Gasteiger partial charge in [-0.3, -0.25) is 9.59 Å². The first-order chi connectivity index (χ1) is 26.3. The van der Waals surface area contributed by atoms with Crippen LogP contribution >= 0.6 is 0 Å². The van der Waals surface area contributed by atoms with Crippen molar-refractivity contribution < 1.29 is 18.8 Å². The molecule has 3 aliphatic carbocycles. The van der Waals surface area contributed by atoms with Gasteiger partial charge in [0.15, 0.2) is 0 Å². The zero-order valence-electron chi connectivity index (χ0n) is 36.4. The van der Waals surface area contributed by atoms with Crippen molar-refractivity contribution in [3.05, 3.63) is 65.6 Å². The summed E-state index contributed by atoms with van der Waals surface area (Å²) in [7, 11) is -1.88. The number of ketones is 1. The van der Waals surface area contributed by atoms with E-state index in [4.69, 9.17) is 9.16 Å². The maximum atomic E-state index is 14.6. The van der Waals surface area contributed by atoms with Gasteiger partial charge >= 0.3 is 5.97 Å². The highest BCUT2D eigenvalue weighted by molar-refractivity contribution is 8.00. The van der Waals surface area contributed by atoms with Gasteiger partial charge < -0.3 is 9.16 Å². The number of hydrogen-bond acceptors (Lipinski definition) is 4. The summed E-state index contributed by atoms with van der Waals surface area (Å²) in [6.07, 6.45) is 16.5. The fourth-order valence-corrected chi connectivity index (χ4v) is 19.8. The number of rotatable bonds is 9. The van der Waals surface area contributed by atoms with Gasteiger partial charge in [0, 0.05) is 23.9 Å². The molecule has 3 saturated carbocycles. The molecule has 2 aromatic rings. The van der Waals surface area contributed by atoms with Gasteiger partial charge in [-0.1, -0.05) is 103 Å². The van der Waals surface area contributed by atoms with Gasteiger partial charge in [-0.2, -0.15) is 11.6 Å². The average molecular weight is 795 g/mol. The number of carbonyl (C=O) groups excluding carboxylic acids is 2. The average Bonchev–Trinajstić information content (AvgIpc) is 3.84. The van der Waals surface area contributed by atoms with Crippen LogP contribution in [0, 0.1) is 28.1 Å². The summed E-state index contributed by atoms with van der Waals surface area (Å²) in [4.78, 5) is 27.7. The molecular weight excluding hydrogens is 723 g/mol. The van der Waals surface area contributed by atoms with E-state index < -0.39 is 19.9 Å². The van der Waals surface area contributed by atoms with E-state index in [9.17, 15) is 9.59 Å². The summed E-state index contributed by atoms with van der Waals surface area (Å²) in [5, 5.41) is 1.71. The summed E-state index contributed by atoms with van der Waals surface area (Å²) >= 11 is 0. The first kappa shape index (κ1) is 40.5. The van der Waals surface area contributed by atoms with Crippen LogP contribution in [0.2, 0.25) is 29.8 Å². The molecule has 0 amide bonds. The van der Waals surface area contributed by atoms with E-state index in [2.05, 4.69) is 108 Å². The molecule has 2 aromatic carbocycles. The maximum Gasteiger partial charge on any atom is 0.316 e. The molecule has 7 atom stereocenters. The monoisotopic (exact) mass is 794 g/mol. The predicted octanol–water partition coefficient (Wildman–Crippen LogP) is 13.0. The Labute approximate surface area is 343 Å². The molecule has 6 fully saturated rings. The predicted molar refractivity (Wildman–Crippen MR) is 239 cm³/mol. The first-order valence-corrected chi connectivity index (χ1v) is 26.8. The SMILES string of the molecule is CC(C)(C)C(=O)Oc1ccc([C@@H]([S+]2C3CCC(C3)C2[C@@]23CC[C@@H](CC2=O)C3(C)C)[B-]2(/C=C/c3ccc(O[Si](C)(C)C(C)(C)C)cc3)C3CCCC2CCC3)cc1. The molecule has 6 bridgehead atoms. The normalized spacial score (nSPS) is 35.6. The Morgan fingerprint density at radius 1 is 0.857 bits per heavy atom. The molecule has 7 heteroatoms. The van der Waals surface area contributed by atoms with Gasteiger partial charge in [0.2, 0.25) is 8.32 Å². The van der Waals surface area contributed by atoms with Crippen LogP contribution < -0.4 is 9.16 Å². The van der Waals surface area contributed by atoms with Gasteiger partial charge in [-0.05, 0) is 122 Å². The van der Waals surface area contributed by atoms with Crippen molar-refractivity contribution in [3.63, 3.8) is 0 Å². The Morgan fingerprint density at radius 3 is 2.00 bits per heavy atom. The van der Waals surface area contributed by atoms with Crippen molar-refractivity contribution in [2.24, 2.45) is 28.1 Å². The molecule has 56 heavy (non-hydrogen) atoms. The molecule has 0 spiro atoms. The molecular formula is C49H71BO4SSi. The molecule has 0 N–H and O–H groups in total. The van der Waals surface area contributed by atoms with Gasteiger partial charge in [0.05, 0.1) is 17.0 Å². The van der Waals surface area contributed by atoms with Gasteiger partial charge in [-0.15, -0.1) is 0 Å². The topological polar surface area (TPSA) is 52.6 Å². The number of carbonyl (C=O) groups is 2. The third kappa shape index (κ3) is 6.45. The zero-order valence-corrected chi connectivity index (χ0v) is 38.2. The van der Waals surface area contributed by atoms with Crippen LogP contribution in [0.1, 0.15) is 149 Å². The highest BCUT2D eigenvalue weighted by Gasteiger charge is 2.77. The first-order valence-electron chi connectivity index (χ1n) is 22.5. The summed E-state index contributed by atoms with van der Waals surface area (Å²) in [6.45, 7) is 22.3. The standard InChI is InChI=1S/C49H71BO4SSi/c1-46(2,3)45(52)53-39-24-19-34(20-25-39)44(55-41-26-21-35(31-41)43(55)49-29-27-36(32-42(49)51)48(49,7)8)50(37-13-11-14-38(50)16-12-15-37)30-28-33-17-22-40(23-18-33)54-56(9,10)47(4,5)6/h17-20,22-25,28,30,35-38,41,43-44H,11-16,21,26-27,29,31-32H2,1-10H3/b30-28+/t35?,36-,37?,38?,41?,43?,44+,49+,50?,55?/m0/s1. The quantitative estimate of drug-likeness (QED) is 0.110. The van der Waals surface area contributed by atoms with Crippen LogP contribution in [0.5, 0.6) is 11.5 Å². The Morgan fingerprint density at radius 2 is 1.46 bits per heavy atom. The van der Waals surface area contributed by atoms with Gasteiger partial charge in [0.1, 0.15) is 27.8 Å². The summed E-state index contributed by atoms with van der Waals surface area (Å²) in [5.74, 6) is 7.40. The number of hydrogen-bond donors (Lipinski definition) is 0. The second-order valence-corrected chi connectivity index (χ2v) is 29.8. The Bertz CT molecular complexity index is 1810. The fraction of sp³-hybridized carbons (Fsp3) is 0.673. The van der Waals surface area contributed by atoms with E-state index in [0.717, 1.165) is 18.6 Å². The van der Waals surface area contributed by atoms with Gasteiger partial charge in [-0.25, -0.2) is 5.98 Å². The molecule has 304 valence electrons. The van der Waals surface area contributed by atoms with Crippen molar-refractivity contribution in [2.45, 2.75) is 178 Å². The molecule has 4 nitrogen and oxygen atoms in total. The van der Waals surface area contributed by atoms with Crippen molar-refractivity contribution >= 4 is 43.2 Å². The third-order valence-corrected chi connectivity index (χ3v) is 25.7. The van der Waals surface area contributed by atoms with Crippen LogP contribution in [-0.4, -0.2) is 36.7 Å². The highest BCUT2D eigenvalue weighted by Crippen LogP contribution is 2.73. The fourth-order valence-electron chi connectivity index (χ4n) is 13.4. The molecule has 3 saturated heterocycles. The van der Waals surface area contributed by atoms with Crippen molar-refractivity contribution in [1.82, 2.24) is 0 Å². The molecule has 0 aromatic heterocycles. The molecule has 3 aliphatic heterocycles. The largest absolute Gasteiger partial charge is 0.544 e. The molecule has 0 radical (unpaired) electrons. The number of benzene rings is 2. The number of esters is 1. The van der Waals surface area contributed by atoms with E-state index in [-0.39, 0.29) is 32.7 Å². The highest BCUT2D eigenvalue weighted by atomic mass is 32.2. The van der Waals surface area contributed by atoms with E-state index in [1.54, 1.807) is 0 Å². The van der Waals surface area contributed by atoms with E-state index in [0.29, 0.717) is 50.7 Å². The van der Waals surface area contributed by atoms with Crippen LogP contribution in [-0.2, 0) is 20.5 Å².